The molecule has 0 fully saturated rings. The average Bonchev–Trinajstić information content (AvgIpc) is 3.18. The van der Waals surface area contributed by atoms with Crippen LogP contribution in [0.5, 0.6) is 0 Å². The van der Waals surface area contributed by atoms with Crippen molar-refractivity contribution in [2.45, 2.75) is 0 Å². The summed E-state index contributed by atoms with van der Waals surface area (Å²) in [4.78, 5) is 4.27. The minimum atomic E-state index is 0.800. The van der Waals surface area contributed by atoms with Gasteiger partial charge in [0.2, 0.25) is 0 Å². The predicted molar refractivity (Wildman–Crippen MR) is 76.9 cm³/mol. The summed E-state index contributed by atoms with van der Waals surface area (Å²) in [6, 6.07) is 12.3. The van der Waals surface area contributed by atoms with Crippen LogP contribution in [0, 0.1) is 0 Å². The lowest BCUT2D eigenvalue weighted by atomic mass is 10.0. The highest BCUT2D eigenvalue weighted by atomic mass is 15.1. The predicted octanol–water partition coefficient (Wildman–Crippen LogP) is 3.01. The third kappa shape index (κ3) is 1.68. The molecule has 96 valence electrons. The van der Waals surface area contributed by atoms with Gasteiger partial charge in [0.1, 0.15) is 0 Å². The van der Waals surface area contributed by atoms with E-state index in [0.29, 0.717) is 0 Å². The van der Waals surface area contributed by atoms with Crippen LogP contribution >= 0.6 is 0 Å². The fourth-order valence-electron chi connectivity index (χ4n) is 2.37. The number of aromatic nitrogens is 5. The van der Waals surface area contributed by atoms with Gasteiger partial charge >= 0.3 is 0 Å². The topological polar surface area (TPSA) is 70.2 Å². The van der Waals surface area contributed by atoms with E-state index in [1.807, 2.05) is 18.2 Å². The molecule has 0 saturated carbocycles. The van der Waals surface area contributed by atoms with Crippen LogP contribution in [-0.2, 0) is 0 Å². The van der Waals surface area contributed by atoms with Crippen molar-refractivity contribution in [1.82, 2.24) is 25.4 Å². The van der Waals surface area contributed by atoms with Gasteiger partial charge in [0, 0.05) is 23.3 Å². The van der Waals surface area contributed by atoms with E-state index in [1.54, 1.807) is 18.6 Å². The van der Waals surface area contributed by atoms with Gasteiger partial charge in [-0.25, -0.2) is 4.98 Å². The summed E-state index contributed by atoms with van der Waals surface area (Å²) in [5.74, 6) is 0. The molecule has 0 spiro atoms. The number of benzene rings is 1. The quantitative estimate of drug-likeness (QED) is 0.582. The van der Waals surface area contributed by atoms with Crippen molar-refractivity contribution in [2.75, 3.05) is 0 Å². The normalized spacial score (nSPS) is 11.0. The fraction of sp³-hybridized carbons (Fsp3) is 0. The Kier molecular flexibility index (Phi) is 2.35. The second-order valence-corrected chi connectivity index (χ2v) is 4.54. The van der Waals surface area contributed by atoms with Crippen molar-refractivity contribution in [1.29, 1.82) is 0 Å². The third-order valence-electron chi connectivity index (χ3n) is 3.34. The second-order valence-electron chi connectivity index (χ2n) is 4.54. The Morgan fingerprint density at radius 2 is 1.80 bits per heavy atom. The molecule has 2 N–H and O–H groups in total. The van der Waals surface area contributed by atoms with Gasteiger partial charge in [-0.1, -0.05) is 18.2 Å². The Bertz CT molecular complexity index is 861. The number of rotatable bonds is 2. The average molecular weight is 261 g/mol. The first-order valence-corrected chi connectivity index (χ1v) is 6.30. The van der Waals surface area contributed by atoms with Gasteiger partial charge in [-0.2, -0.15) is 10.2 Å². The molecule has 0 aliphatic heterocycles. The van der Waals surface area contributed by atoms with Gasteiger partial charge in [0.05, 0.1) is 11.9 Å². The van der Waals surface area contributed by atoms with Crippen molar-refractivity contribution in [3.63, 3.8) is 0 Å². The SMILES string of the molecule is c1cc(-c2ccn[nH]2)cc(-c2ccnc3[nH]ncc23)c1. The Hall–Kier alpha value is -2.95. The standard InChI is InChI=1S/C15H11N5/c1-2-10(8-11(3-1)14-5-7-17-19-14)12-4-6-16-15-13(12)9-18-20-15/h1-9H,(H,17,19)(H,16,18,20). The Balaban J connectivity index is 1.91. The molecule has 0 atom stereocenters. The molecule has 5 nitrogen and oxygen atoms in total. The molecule has 4 rings (SSSR count). The number of fused-ring (bicyclic) bond motifs is 1. The molecule has 1 aromatic carbocycles. The summed E-state index contributed by atoms with van der Waals surface area (Å²) in [6.07, 6.45) is 5.35. The van der Waals surface area contributed by atoms with E-state index in [-0.39, 0.29) is 0 Å². The maximum absolute atomic E-state index is 4.27. The van der Waals surface area contributed by atoms with E-state index >= 15 is 0 Å². The highest BCUT2D eigenvalue weighted by molar-refractivity contribution is 5.92. The van der Waals surface area contributed by atoms with Crippen LogP contribution in [-0.4, -0.2) is 25.4 Å². The monoisotopic (exact) mass is 261 g/mol. The largest absolute Gasteiger partial charge is 0.278 e. The van der Waals surface area contributed by atoms with Gasteiger partial charge in [-0.3, -0.25) is 10.2 Å². The molecular formula is C15H11N5. The third-order valence-corrected chi connectivity index (χ3v) is 3.34. The molecule has 0 bridgehead atoms. The van der Waals surface area contributed by atoms with E-state index in [0.717, 1.165) is 33.4 Å². The van der Waals surface area contributed by atoms with Crippen LogP contribution in [0.2, 0.25) is 0 Å². The maximum Gasteiger partial charge on any atom is 0.155 e. The summed E-state index contributed by atoms with van der Waals surface area (Å²) >= 11 is 0. The molecule has 5 heteroatoms. The first-order chi connectivity index (χ1) is 9.92. The van der Waals surface area contributed by atoms with Crippen molar-refractivity contribution >= 4 is 11.0 Å². The van der Waals surface area contributed by atoms with Crippen LogP contribution in [0.25, 0.3) is 33.4 Å². The Morgan fingerprint density at radius 3 is 2.70 bits per heavy atom. The van der Waals surface area contributed by atoms with E-state index in [2.05, 4.69) is 43.6 Å². The highest BCUT2D eigenvalue weighted by Crippen LogP contribution is 2.29. The molecule has 0 radical (unpaired) electrons. The van der Waals surface area contributed by atoms with E-state index < -0.39 is 0 Å². The van der Waals surface area contributed by atoms with Gasteiger partial charge in [-0.15, -0.1) is 0 Å². The smallest absolute Gasteiger partial charge is 0.155 e. The lowest BCUT2D eigenvalue weighted by Gasteiger charge is -2.05. The molecule has 0 aliphatic carbocycles. The first kappa shape index (κ1) is 10.9. The fourth-order valence-corrected chi connectivity index (χ4v) is 2.37. The van der Waals surface area contributed by atoms with E-state index in [1.165, 1.54) is 0 Å². The van der Waals surface area contributed by atoms with Crippen molar-refractivity contribution < 1.29 is 0 Å². The minimum Gasteiger partial charge on any atom is -0.278 e. The van der Waals surface area contributed by atoms with E-state index in [4.69, 9.17) is 0 Å². The number of pyridine rings is 1. The van der Waals surface area contributed by atoms with Crippen LogP contribution in [0.3, 0.4) is 0 Å². The molecule has 0 saturated heterocycles. The summed E-state index contributed by atoms with van der Waals surface area (Å²) < 4.78 is 0. The number of nitrogens with one attached hydrogen (secondary N) is 2. The van der Waals surface area contributed by atoms with Gasteiger partial charge in [-0.05, 0) is 29.3 Å². The Labute approximate surface area is 114 Å². The number of aromatic amines is 2. The van der Waals surface area contributed by atoms with Crippen LogP contribution in [0.15, 0.2) is 55.0 Å². The van der Waals surface area contributed by atoms with Gasteiger partial charge in [0.15, 0.2) is 5.65 Å². The summed E-state index contributed by atoms with van der Waals surface area (Å²) in [5, 5.41) is 14.9. The second kappa shape index (κ2) is 4.31. The lowest BCUT2D eigenvalue weighted by Crippen LogP contribution is -1.84. The first-order valence-electron chi connectivity index (χ1n) is 6.30. The summed E-state index contributed by atoms with van der Waals surface area (Å²) in [5.41, 5.74) is 5.16. The van der Waals surface area contributed by atoms with Crippen molar-refractivity contribution in [3.8, 4) is 22.4 Å². The zero-order chi connectivity index (χ0) is 13.4. The van der Waals surface area contributed by atoms with Crippen molar-refractivity contribution in [3.05, 3.63) is 55.0 Å². The minimum absolute atomic E-state index is 0.800. The highest BCUT2D eigenvalue weighted by Gasteiger charge is 2.07. The maximum atomic E-state index is 4.27. The molecule has 3 heterocycles. The van der Waals surface area contributed by atoms with Crippen LogP contribution < -0.4 is 0 Å². The van der Waals surface area contributed by atoms with Gasteiger partial charge in [0.25, 0.3) is 0 Å². The number of hydrogen-bond donors (Lipinski definition) is 2. The van der Waals surface area contributed by atoms with Crippen LogP contribution in [0.4, 0.5) is 0 Å². The van der Waals surface area contributed by atoms with Crippen LogP contribution in [0.1, 0.15) is 0 Å². The molecular weight excluding hydrogens is 250 g/mol. The van der Waals surface area contributed by atoms with Crippen molar-refractivity contribution in [2.24, 2.45) is 0 Å². The summed E-state index contributed by atoms with van der Waals surface area (Å²) in [7, 11) is 0. The number of hydrogen-bond acceptors (Lipinski definition) is 3. The molecule has 4 aromatic rings. The molecule has 20 heavy (non-hydrogen) atoms. The van der Waals surface area contributed by atoms with E-state index in [9.17, 15) is 0 Å². The Morgan fingerprint density at radius 1 is 0.850 bits per heavy atom. The number of nitrogens with zero attached hydrogens (tertiary/aromatic N) is 3. The number of H-pyrrole nitrogens is 2. The zero-order valence-electron chi connectivity index (χ0n) is 10.5. The molecule has 0 aliphatic rings. The lowest BCUT2D eigenvalue weighted by molar-refractivity contribution is 1.10. The molecule has 0 amide bonds. The van der Waals surface area contributed by atoms with Gasteiger partial charge < -0.3 is 0 Å². The zero-order valence-corrected chi connectivity index (χ0v) is 10.5. The molecule has 3 aromatic heterocycles. The molecule has 0 unspecified atom stereocenters. The summed E-state index contributed by atoms with van der Waals surface area (Å²) in [6.45, 7) is 0.